The third kappa shape index (κ3) is 3.16. The van der Waals surface area contributed by atoms with E-state index in [1.807, 2.05) is 0 Å². The first-order valence-electron chi connectivity index (χ1n) is 9.64. The highest BCUT2D eigenvalue weighted by Crippen LogP contribution is 2.61. The van der Waals surface area contributed by atoms with E-state index in [9.17, 15) is 9.59 Å². The standard InChI is InChI=1S/C21H30O4/c1-13(2)19(22)24-21(25-20(23)14(3)4)17-11-7-5-9-15(17)16-10-6-8-12-18(16)21/h15-18H,1,3,5-12H2,2,4H3. The normalized spacial score (nSPS) is 32.9. The molecule has 0 radical (unpaired) electrons. The minimum atomic E-state index is -1.14. The van der Waals surface area contributed by atoms with Crippen molar-refractivity contribution >= 4 is 11.9 Å². The molecule has 25 heavy (non-hydrogen) atoms. The van der Waals surface area contributed by atoms with Crippen LogP contribution in [0.3, 0.4) is 0 Å². The molecule has 138 valence electrons. The molecule has 0 aliphatic heterocycles. The van der Waals surface area contributed by atoms with E-state index in [0.29, 0.717) is 23.0 Å². The Labute approximate surface area is 150 Å². The fraction of sp³-hybridized carbons (Fsp3) is 0.714. The van der Waals surface area contributed by atoms with Gasteiger partial charge < -0.3 is 9.47 Å². The zero-order valence-electron chi connectivity index (χ0n) is 15.5. The van der Waals surface area contributed by atoms with E-state index in [4.69, 9.17) is 9.47 Å². The average molecular weight is 346 g/mol. The Morgan fingerprint density at radius 3 is 1.48 bits per heavy atom. The number of rotatable bonds is 4. The number of carbonyl (C=O) groups excluding carboxylic acids is 2. The smallest absolute Gasteiger partial charge is 0.336 e. The Bertz CT molecular complexity index is 539. The van der Waals surface area contributed by atoms with Crippen LogP contribution in [0.4, 0.5) is 0 Å². The Hall–Kier alpha value is -1.58. The summed E-state index contributed by atoms with van der Waals surface area (Å²) in [7, 11) is 0. The Morgan fingerprint density at radius 1 is 0.760 bits per heavy atom. The zero-order chi connectivity index (χ0) is 18.2. The first kappa shape index (κ1) is 18.2. The molecular formula is C21H30O4. The van der Waals surface area contributed by atoms with Gasteiger partial charge in [-0.2, -0.15) is 0 Å². The van der Waals surface area contributed by atoms with E-state index in [0.717, 1.165) is 38.5 Å². The van der Waals surface area contributed by atoms with Gasteiger partial charge in [-0.05, 0) is 51.4 Å². The molecule has 0 aromatic heterocycles. The Balaban J connectivity index is 2.02. The van der Waals surface area contributed by atoms with Crippen LogP contribution < -0.4 is 0 Å². The zero-order valence-corrected chi connectivity index (χ0v) is 15.5. The van der Waals surface area contributed by atoms with Gasteiger partial charge in [0.1, 0.15) is 0 Å². The fourth-order valence-electron chi connectivity index (χ4n) is 5.41. The van der Waals surface area contributed by atoms with Crippen LogP contribution in [-0.4, -0.2) is 17.7 Å². The maximum absolute atomic E-state index is 12.5. The van der Waals surface area contributed by atoms with E-state index in [-0.39, 0.29) is 11.8 Å². The molecule has 3 fully saturated rings. The van der Waals surface area contributed by atoms with Crippen LogP contribution in [0.25, 0.3) is 0 Å². The molecule has 3 aliphatic rings. The molecule has 4 heteroatoms. The van der Waals surface area contributed by atoms with Crippen molar-refractivity contribution in [3.05, 3.63) is 24.3 Å². The quantitative estimate of drug-likeness (QED) is 0.426. The van der Waals surface area contributed by atoms with Crippen LogP contribution >= 0.6 is 0 Å². The van der Waals surface area contributed by atoms with Gasteiger partial charge in [-0.1, -0.05) is 38.8 Å². The number of esters is 2. The highest BCUT2D eigenvalue weighted by atomic mass is 16.7. The summed E-state index contributed by atoms with van der Waals surface area (Å²) < 4.78 is 12.0. The third-order valence-corrected chi connectivity index (χ3v) is 6.42. The highest BCUT2D eigenvalue weighted by molar-refractivity contribution is 5.89. The summed E-state index contributed by atoms with van der Waals surface area (Å²) in [5, 5.41) is 0. The number of hydrogen-bond donors (Lipinski definition) is 0. The molecule has 0 amide bonds. The van der Waals surface area contributed by atoms with Crippen molar-refractivity contribution in [2.24, 2.45) is 23.7 Å². The summed E-state index contributed by atoms with van der Waals surface area (Å²) in [5.41, 5.74) is 0.690. The monoisotopic (exact) mass is 346 g/mol. The lowest BCUT2D eigenvalue weighted by Gasteiger charge is -2.41. The van der Waals surface area contributed by atoms with Gasteiger partial charge >= 0.3 is 11.9 Å². The predicted octanol–water partition coefficient (Wildman–Crippen LogP) is 4.55. The van der Waals surface area contributed by atoms with E-state index < -0.39 is 17.7 Å². The molecule has 0 bridgehead atoms. The molecule has 0 spiro atoms. The lowest BCUT2D eigenvalue weighted by molar-refractivity contribution is -0.259. The van der Waals surface area contributed by atoms with Crippen LogP contribution in [-0.2, 0) is 19.1 Å². The second-order valence-electron chi connectivity index (χ2n) is 8.17. The molecule has 0 heterocycles. The molecule has 0 saturated heterocycles. The van der Waals surface area contributed by atoms with Crippen LogP contribution in [0.1, 0.15) is 65.2 Å². The minimum Gasteiger partial charge on any atom is -0.418 e. The van der Waals surface area contributed by atoms with E-state index in [1.165, 1.54) is 12.8 Å². The van der Waals surface area contributed by atoms with Gasteiger partial charge in [-0.15, -0.1) is 0 Å². The molecule has 3 rings (SSSR count). The summed E-state index contributed by atoms with van der Waals surface area (Å²) in [6, 6.07) is 0. The van der Waals surface area contributed by atoms with Gasteiger partial charge in [-0.25, -0.2) is 9.59 Å². The second-order valence-corrected chi connectivity index (χ2v) is 8.17. The first-order valence-corrected chi connectivity index (χ1v) is 9.64. The van der Waals surface area contributed by atoms with Crippen LogP contribution in [0.2, 0.25) is 0 Å². The topological polar surface area (TPSA) is 52.6 Å². The largest absolute Gasteiger partial charge is 0.418 e. The number of fused-ring (bicyclic) bond motifs is 3. The van der Waals surface area contributed by atoms with Crippen molar-refractivity contribution in [3.8, 4) is 0 Å². The lowest BCUT2D eigenvalue weighted by Crippen LogP contribution is -2.50. The van der Waals surface area contributed by atoms with E-state index in [2.05, 4.69) is 13.2 Å². The molecule has 0 aromatic carbocycles. The van der Waals surface area contributed by atoms with Gasteiger partial charge in [-0.3, -0.25) is 0 Å². The summed E-state index contributed by atoms with van der Waals surface area (Å²) in [4.78, 5) is 24.9. The number of ether oxygens (including phenoxy) is 2. The maximum Gasteiger partial charge on any atom is 0.336 e. The molecule has 4 unspecified atom stereocenters. The number of hydrogen-bond acceptors (Lipinski definition) is 4. The summed E-state index contributed by atoms with van der Waals surface area (Å²) >= 11 is 0. The lowest BCUT2D eigenvalue weighted by atomic mass is 9.73. The summed E-state index contributed by atoms with van der Waals surface area (Å²) in [6.45, 7) is 10.7. The Kier molecular flexibility index (Phi) is 5.08. The molecule has 4 nitrogen and oxygen atoms in total. The van der Waals surface area contributed by atoms with Crippen LogP contribution in [0, 0.1) is 23.7 Å². The fourth-order valence-corrected chi connectivity index (χ4v) is 5.41. The van der Waals surface area contributed by atoms with Gasteiger partial charge in [0, 0.05) is 23.0 Å². The minimum absolute atomic E-state index is 0.0981. The van der Waals surface area contributed by atoms with Crippen molar-refractivity contribution in [1.82, 2.24) is 0 Å². The molecule has 0 aromatic rings. The number of carbonyl (C=O) groups is 2. The van der Waals surface area contributed by atoms with Crippen molar-refractivity contribution < 1.29 is 19.1 Å². The van der Waals surface area contributed by atoms with Gasteiger partial charge in [0.05, 0.1) is 0 Å². The van der Waals surface area contributed by atoms with Crippen molar-refractivity contribution in [2.45, 2.75) is 71.0 Å². The molecule has 3 aliphatic carbocycles. The highest BCUT2D eigenvalue weighted by Gasteiger charge is 2.65. The summed E-state index contributed by atoms with van der Waals surface area (Å²) in [6.07, 6.45) is 8.79. The first-order chi connectivity index (χ1) is 11.9. The molecule has 4 atom stereocenters. The van der Waals surface area contributed by atoms with Crippen molar-refractivity contribution in [1.29, 1.82) is 0 Å². The van der Waals surface area contributed by atoms with Crippen molar-refractivity contribution in [2.75, 3.05) is 0 Å². The predicted molar refractivity (Wildman–Crippen MR) is 95.4 cm³/mol. The molecule has 3 saturated carbocycles. The molecular weight excluding hydrogens is 316 g/mol. The summed E-state index contributed by atoms with van der Waals surface area (Å²) in [5.74, 6) is -0.885. The maximum atomic E-state index is 12.5. The molecule has 0 N–H and O–H groups in total. The van der Waals surface area contributed by atoms with Crippen LogP contribution in [0.15, 0.2) is 24.3 Å². The average Bonchev–Trinajstić information content (AvgIpc) is 2.86. The second kappa shape index (κ2) is 6.97. The van der Waals surface area contributed by atoms with Crippen LogP contribution in [0.5, 0.6) is 0 Å². The van der Waals surface area contributed by atoms with Gasteiger partial charge in [0.15, 0.2) is 0 Å². The Morgan fingerprint density at radius 2 is 1.12 bits per heavy atom. The van der Waals surface area contributed by atoms with E-state index >= 15 is 0 Å². The third-order valence-electron chi connectivity index (χ3n) is 6.42. The van der Waals surface area contributed by atoms with Gasteiger partial charge in [0.25, 0.3) is 5.79 Å². The van der Waals surface area contributed by atoms with E-state index in [1.54, 1.807) is 13.8 Å². The SMILES string of the molecule is C=C(C)C(=O)OC1(OC(=O)C(=C)C)C2CCCCC2C2CCCCC21. The van der Waals surface area contributed by atoms with Crippen molar-refractivity contribution in [3.63, 3.8) is 0 Å². The van der Waals surface area contributed by atoms with Gasteiger partial charge in [0.2, 0.25) is 0 Å².